The highest BCUT2D eigenvalue weighted by Gasteiger charge is 2.15. The molecular formula is C16H14N4O3S2. The molecule has 0 spiro atoms. The van der Waals surface area contributed by atoms with E-state index in [1.807, 2.05) is 17.5 Å². The van der Waals surface area contributed by atoms with Gasteiger partial charge in [0.05, 0.1) is 4.88 Å². The van der Waals surface area contributed by atoms with Crippen LogP contribution in [0.25, 0.3) is 10.7 Å². The summed E-state index contributed by atoms with van der Waals surface area (Å²) in [5.74, 6) is 1.76. The smallest absolute Gasteiger partial charge is 0.244 e. The van der Waals surface area contributed by atoms with Gasteiger partial charge in [-0.15, -0.1) is 11.3 Å². The van der Waals surface area contributed by atoms with Gasteiger partial charge in [0.2, 0.25) is 5.91 Å². The summed E-state index contributed by atoms with van der Waals surface area (Å²) in [4.78, 5) is 13.4. The fourth-order valence-electron chi connectivity index (χ4n) is 2.52. The Morgan fingerprint density at radius 2 is 2.16 bits per heavy atom. The molecule has 7 nitrogen and oxygen atoms in total. The summed E-state index contributed by atoms with van der Waals surface area (Å²) in [6.07, 6.45) is 0. The molecule has 0 fully saturated rings. The molecule has 9 heteroatoms. The first-order valence-corrected chi connectivity index (χ1v) is 8.88. The van der Waals surface area contributed by atoms with Crippen molar-refractivity contribution in [3.63, 3.8) is 0 Å². The second kappa shape index (κ2) is 6.69. The number of aromatic nitrogens is 3. The van der Waals surface area contributed by atoms with Crippen LogP contribution >= 0.6 is 23.6 Å². The van der Waals surface area contributed by atoms with Gasteiger partial charge in [-0.3, -0.25) is 14.5 Å². The molecule has 3 aromatic rings. The van der Waals surface area contributed by atoms with Crippen molar-refractivity contribution < 1.29 is 14.3 Å². The minimum atomic E-state index is -0.202. The third-order valence-electron chi connectivity index (χ3n) is 3.63. The maximum Gasteiger partial charge on any atom is 0.244 e. The molecule has 4 rings (SSSR count). The molecule has 1 aliphatic rings. The number of hydrogen-bond acceptors (Lipinski definition) is 6. The lowest BCUT2D eigenvalue weighted by molar-refractivity contribution is -0.116. The van der Waals surface area contributed by atoms with Crippen LogP contribution in [0, 0.1) is 4.77 Å². The normalized spacial score (nSPS) is 12.8. The maximum atomic E-state index is 12.4. The van der Waals surface area contributed by atoms with E-state index in [0.717, 1.165) is 4.88 Å². The van der Waals surface area contributed by atoms with Gasteiger partial charge < -0.3 is 14.8 Å². The number of carbonyl (C=O) groups is 1. The van der Waals surface area contributed by atoms with Gasteiger partial charge in [-0.25, -0.2) is 0 Å². The van der Waals surface area contributed by atoms with Crippen molar-refractivity contribution in [2.24, 2.45) is 0 Å². The fraction of sp³-hybridized carbons (Fsp3) is 0.188. The number of thiophene rings is 1. The van der Waals surface area contributed by atoms with E-state index in [2.05, 4.69) is 15.5 Å². The van der Waals surface area contributed by atoms with Crippen LogP contribution in [-0.2, 0) is 11.3 Å². The maximum absolute atomic E-state index is 12.4. The minimum Gasteiger partial charge on any atom is -0.486 e. The van der Waals surface area contributed by atoms with Crippen molar-refractivity contribution in [1.82, 2.24) is 14.8 Å². The Bertz CT molecular complexity index is 962. The van der Waals surface area contributed by atoms with Crippen LogP contribution in [0.2, 0.25) is 0 Å². The first-order chi connectivity index (χ1) is 12.2. The number of ether oxygens (including phenoxy) is 2. The van der Waals surface area contributed by atoms with E-state index in [-0.39, 0.29) is 12.5 Å². The quantitative estimate of drug-likeness (QED) is 0.686. The first kappa shape index (κ1) is 15.9. The number of hydrogen-bond donors (Lipinski definition) is 2. The van der Waals surface area contributed by atoms with E-state index in [1.54, 1.807) is 22.8 Å². The summed E-state index contributed by atoms with van der Waals surface area (Å²) in [6, 6.07) is 9.17. The van der Waals surface area contributed by atoms with Crippen molar-refractivity contribution in [1.29, 1.82) is 0 Å². The molecule has 0 bridgehead atoms. The first-order valence-electron chi connectivity index (χ1n) is 7.59. The zero-order chi connectivity index (χ0) is 17.2. The molecule has 25 heavy (non-hydrogen) atoms. The Kier molecular flexibility index (Phi) is 4.24. The van der Waals surface area contributed by atoms with E-state index < -0.39 is 0 Å². The van der Waals surface area contributed by atoms with Gasteiger partial charge in [-0.2, -0.15) is 5.10 Å². The van der Waals surface area contributed by atoms with Crippen LogP contribution in [0.4, 0.5) is 5.69 Å². The zero-order valence-corrected chi connectivity index (χ0v) is 14.7. The molecule has 3 heterocycles. The number of nitrogens with zero attached hydrogens (tertiary/aromatic N) is 2. The number of fused-ring (bicyclic) bond motifs is 1. The number of anilines is 1. The summed E-state index contributed by atoms with van der Waals surface area (Å²) >= 11 is 6.78. The molecule has 0 unspecified atom stereocenters. The molecule has 0 saturated heterocycles. The predicted octanol–water partition coefficient (Wildman–Crippen LogP) is 3.08. The average molecular weight is 374 g/mol. The van der Waals surface area contributed by atoms with Gasteiger partial charge >= 0.3 is 0 Å². The monoisotopic (exact) mass is 374 g/mol. The highest BCUT2D eigenvalue weighted by molar-refractivity contribution is 7.71. The Labute approximate surface area is 152 Å². The third kappa shape index (κ3) is 3.28. The predicted molar refractivity (Wildman–Crippen MR) is 96.8 cm³/mol. The lowest BCUT2D eigenvalue weighted by Gasteiger charge is -2.19. The summed E-state index contributed by atoms with van der Waals surface area (Å²) < 4.78 is 13.1. The number of aromatic amines is 1. The summed E-state index contributed by atoms with van der Waals surface area (Å²) in [5.41, 5.74) is 0.641. The van der Waals surface area contributed by atoms with Gasteiger partial charge in [0.1, 0.15) is 19.8 Å². The molecule has 0 radical (unpaired) electrons. The molecule has 128 valence electrons. The molecule has 1 aliphatic heterocycles. The van der Waals surface area contributed by atoms with Crippen molar-refractivity contribution in [3.8, 4) is 22.2 Å². The lowest BCUT2D eigenvalue weighted by Crippen LogP contribution is -2.20. The largest absolute Gasteiger partial charge is 0.486 e. The van der Waals surface area contributed by atoms with Gasteiger partial charge in [0.25, 0.3) is 0 Å². The number of amides is 1. The van der Waals surface area contributed by atoms with Crippen LogP contribution in [0.15, 0.2) is 35.7 Å². The number of rotatable bonds is 4. The Morgan fingerprint density at radius 3 is 2.96 bits per heavy atom. The van der Waals surface area contributed by atoms with Gasteiger partial charge in [-0.05, 0) is 35.8 Å². The lowest BCUT2D eigenvalue weighted by atomic mass is 10.2. The Balaban J connectivity index is 1.52. The second-order valence-corrected chi connectivity index (χ2v) is 6.66. The molecule has 0 atom stereocenters. The topological polar surface area (TPSA) is 81.2 Å². The number of carbonyl (C=O) groups excluding carboxylic acids is 1. The highest BCUT2D eigenvalue weighted by atomic mass is 32.1. The summed E-state index contributed by atoms with van der Waals surface area (Å²) in [6.45, 7) is 1.10. The van der Waals surface area contributed by atoms with Gasteiger partial charge in [0, 0.05) is 11.8 Å². The highest BCUT2D eigenvalue weighted by Crippen LogP contribution is 2.32. The van der Waals surface area contributed by atoms with Crippen LogP contribution in [0.1, 0.15) is 0 Å². The number of nitrogens with one attached hydrogen (secondary N) is 2. The molecule has 0 aliphatic carbocycles. The number of H-pyrrole nitrogens is 1. The molecule has 0 saturated carbocycles. The van der Waals surface area contributed by atoms with Crippen molar-refractivity contribution in [2.75, 3.05) is 18.5 Å². The average Bonchev–Trinajstić information content (AvgIpc) is 3.25. The SMILES string of the molecule is O=C(Cn1c(-c2cccs2)n[nH]c1=S)Nc1ccc2c(c1)OCCO2. The van der Waals surface area contributed by atoms with E-state index in [4.69, 9.17) is 21.7 Å². The van der Waals surface area contributed by atoms with Crippen molar-refractivity contribution >= 4 is 35.1 Å². The summed E-state index contributed by atoms with van der Waals surface area (Å²) in [7, 11) is 0. The molecule has 1 aromatic carbocycles. The second-order valence-electron chi connectivity index (χ2n) is 5.32. The fourth-order valence-corrected chi connectivity index (χ4v) is 3.44. The van der Waals surface area contributed by atoms with Gasteiger partial charge in [-0.1, -0.05) is 6.07 Å². The number of benzene rings is 1. The summed E-state index contributed by atoms with van der Waals surface area (Å²) in [5, 5.41) is 11.8. The minimum absolute atomic E-state index is 0.0665. The van der Waals surface area contributed by atoms with Crippen LogP contribution in [0.5, 0.6) is 11.5 Å². The van der Waals surface area contributed by atoms with E-state index in [9.17, 15) is 4.79 Å². The Hall–Kier alpha value is -2.65. The van der Waals surface area contributed by atoms with Crippen LogP contribution < -0.4 is 14.8 Å². The van der Waals surface area contributed by atoms with E-state index in [0.29, 0.717) is 41.0 Å². The Morgan fingerprint density at radius 1 is 1.32 bits per heavy atom. The molecule has 1 amide bonds. The van der Waals surface area contributed by atoms with E-state index >= 15 is 0 Å². The molecular weight excluding hydrogens is 360 g/mol. The van der Waals surface area contributed by atoms with Gasteiger partial charge in [0.15, 0.2) is 22.1 Å². The van der Waals surface area contributed by atoms with E-state index in [1.165, 1.54) is 11.3 Å². The molecule has 2 N–H and O–H groups in total. The van der Waals surface area contributed by atoms with Crippen molar-refractivity contribution in [3.05, 3.63) is 40.5 Å². The van der Waals surface area contributed by atoms with Crippen LogP contribution in [0.3, 0.4) is 0 Å². The zero-order valence-electron chi connectivity index (χ0n) is 13.0. The van der Waals surface area contributed by atoms with Crippen molar-refractivity contribution in [2.45, 2.75) is 6.54 Å². The van der Waals surface area contributed by atoms with Crippen LogP contribution in [-0.4, -0.2) is 33.9 Å². The standard InChI is InChI=1S/C16H14N4O3S2/c21-14(17-10-3-4-11-12(8-10)23-6-5-22-11)9-20-15(18-19-16(20)24)13-2-1-7-25-13/h1-4,7-8H,5-6,9H2,(H,17,21)(H,19,24). The third-order valence-corrected chi connectivity index (χ3v) is 4.80. The molecule has 2 aromatic heterocycles.